The normalized spacial score (nSPS) is 35.0. The Labute approximate surface area is 96.3 Å². The van der Waals surface area contributed by atoms with E-state index in [1.54, 1.807) is 6.07 Å². The summed E-state index contributed by atoms with van der Waals surface area (Å²) in [4.78, 5) is 0. The van der Waals surface area contributed by atoms with Crippen molar-refractivity contribution < 1.29 is 9.50 Å². The van der Waals surface area contributed by atoms with Crippen molar-refractivity contribution in [3.8, 4) is 0 Å². The van der Waals surface area contributed by atoms with Crippen LogP contribution >= 0.6 is 0 Å². The molecule has 3 unspecified atom stereocenters. The van der Waals surface area contributed by atoms with Crippen LogP contribution in [0.5, 0.6) is 0 Å². The number of halogens is 1. The summed E-state index contributed by atoms with van der Waals surface area (Å²) >= 11 is 0. The highest BCUT2D eigenvalue weighted by Crippen LogP contribution is 2.43. The van der Waals surface area contributed by atoms with Gasteiger partial charge < -0.3 is 5.11 Å². The Hall–Kier alpha value is -0.890. The molecule has 1 aromatic carbocycles. The Kier molecular flexibility index (Phi) is 3.02. The van der Waals surface area contributed by atoms with Gasteiger partial charge in [-0.25, -0.2) is 4.39 Å². The Morgan fingerprint density at radius 3 is 2.75 bits per heavy atom. The molecule has 2 rings (SSSR count). The van der Waals surface area contributed by atoms with Gasteiger partial charge in [-0.3, -0.25) is 0 Å². The van der Waals surface area contributed by atoms with Crippen LogP contribution in [-0.2, 0) is 5.60 Å². The molecule has 0 saturated heterocycles. The number of rotatable bonds is 1. The van der Waals surface area contributed by atoms with Crippen molar-refractivity contribution in [2.75, 3.05) is 0 Å². The molecule has 1 fully saturated rings. The van der Waals surface area contributed by atoms with E-state index in [2.05, 4.69) is 13.8 Å². The van der Waals surface area contributed by atoms with Crippen molar-refractivity contribution >= 4 is 0 Å². The fourth-order valence-corrected chi connectivity index (χ4v) is 2.77. The molecule has 16 heavy (non-hydrogen) atoms. The fourth-order valence-electron chi connectivity index (χ4n) is 2.77. The smallest absolute Gasteiger partial charge is 0.123 e. The summed E-state index contributed by atoms with van der Waals surface area (Å²) < 4.78 is 13.2. The van der Waals surface area contributed by atoms with Crippen molar-refractivity contribution in [3.63, 3.8) is 0 Å². The summed E-state index contributed by atoms with van der Waals surface area (Å²) in [7, 11) is 0. The molecule has 2 heteroatoms. The third-order valence-corrected chi connectivity index (χ3v) is 3.89. The first-order chi connectivity index (χ1) is 7.52. The number of hydrogen-bond acceptors (Lipinski definition) is 1. The predicted octanol–water partition coefficient (Wildman–Crippen LogP) is 3.47. The molecule has 0 aromatic heterocycles. The minimum absolute atomic E-state index is 0.200. The standard InChI is InChI=1S/C14H19FO/c1-10-6-7-11(2)14(16,9-10)12-4-3-5-13(15)8-12/h3-5,8,10-11,16H,6-7,9H2,1-2H3. The predicted molar refractivity (Wildman–Crippen MR) is 62.5 cm³/mol. The summed E-state index contributed by atoms with van der Waals surface area (Å²) in [5.74, 6) is 0.436. The van der Waals surface area contributed by atoms with Crippen LogP contribution in [0.25, 0.3) is 0 Å². The third-order valence-electron chi connectivity index (χ3n) is 3.89. The molecule has 1 aromatic rings. The molecule has 1 saturated carbocycles. The van der Waals surface area contributed by atoms with Crippen molar-refractivity contribution in [1.82, 2.24) is 0 Å². The molecule has 0 spiro atoms. The average molecular weight is 222 g/mol. The van der Waals surface area contributed by atoms with E-state index in [9.17, 15) is 9.50 Å². The van der Waals surface area contributed by atoms with Gasteiger partial charge in [-0.2, -0.15) is 0 Å². The quantitative estimate of drug-likeness (QED) is 0.771. The van der Waals surface area contributed by atoms with E-state index in [4.69, 9.17) is 0 Å². The van der Waals surface area contributed by atoms with Crippen molar-refractivity contribution in [3.05, 3.63) is 35.6 Å². The lowest BCUT2D eigenvalue weighted by atomic mass is 9.69. The van der Waals surface area contributed by atoms with Crippen molar-refractivity contribution in [2.24, 2.45) is 11.8 Å². The van der Waals surface area contributed by atoms with Gasteiger partial charge in [-0.05, 0) is 42.4 Å². The molecule has 0 amide bonds. The van der Waals surface area contributed by atoms with Gasteiger partial charge in [0.15, 0.2) is 0 Å². The number of hydrogen-bond donors (Lipinski definition) is 1. The number of aliphatic hydroxyl groups is 1. The lowest BCUT2D eigenvalue weighted by Gasteiger charge is -2.41. The minimum atomic E-state index is -0.847. The first-order valence-electron chi connectivity index (χ1n) is 6.01. The van der Waals surface area contributed by atoms with Crippen LogP contribution < -0.4 is 0 Å². The molecule has 0 heterocycles. The van der Waals surface area contributed by atoms with E-state index < -0.39 is 5.60 Å². The highest BCUT2D eigenvalue weighted by molar-refractivity contribution is 5.24. The van der Waals surface area contributed by atoms with Crippen molar-refractivity contribution in [2.45, 2.75) is 38.7 Å². The van der Waals surface area contributed by atoms with Crippen LogP contribution in [0.1, 0.15) is 38.7 Å². The topological polar surface area (TPSA) is 20.2 Å². The number of benzene rings is 1. The highest BCUT2D eigenvalue weighted by atomic mass is 19.1. The molecule has 1 N–H and O–H groups in total. The molecule has 1 nitrogen and oxygen atoms in total. The lowest BCUT2D eigenvalue weighted by Crippen LogP contribution is -2.39. The summed E-state index contributed by atoms with van der Waals surface area (Å²) in [6, 6.07) is 6.39. The van der Waals surface area contributed by atoms with Gasteiger partial charge in [0.25, 0.3) is 0 Å². The Balaban J connectivity index is 2.35. The van der Waals surface area contributed by atoms with E-state index in [-0.39, 0.29) is 11.7 Å². The van der Waals surface area contributed by atoms with Gasteiger partial charge in [0.2, 0.25) is 0 Å². The molecule has 88 valence electrons. The first kappa shape index (κ1) is 11.6. The summed E-state index contributed by atoms with van der Waals surface area (Å²) in [6.45, 7) is 4.20. The zero-order valence-electron chi connectivity index (χ0n) is 9.91. The van der Waals surface area contributed by atoms with E-state index in [0.29, 0.717) is 5.92 Å². The van der Waals surface area contributed by atoms with Crippen LogP contribution in [0.4, 0.5) is 4.39 Å². The van der Waals surface area contributed by atoms with Gasteiger partial charge in [0, 0.05) is 0 Å². The van der Waals surface area contributed by atoms with E-state index in [1.807, 2.05) is 6.07 Å². The van der Waals surface area contributed by atoms with Crippen LogP contribution in [-0.4, -0.2) is 5.11 Å². The molecule has 0 radical (unpaired) electrons. The van der Waals surface area contributed by atoms with Gasteiger partial charge in [0.05, 0.1) is 5.60 Å². The fraction of sp³-hybridized carbons (Fsp3) is 0.571. The summed E-state index contributed by atoms with van der Waals surface area (Å²) in [6.07, 6.45) is 2.89. The van der Waals surface area contributed by atoms with Crippen molar-refractivity contribution in [1.29, 1.82) is 0 Å². The average Bonchev–Trinajstić information content (AvgIpc) is 2.24. The van der Waals surface area contributed by atoms with Crippen LogP contribution in [0.3, 0.4) is 0 Å². The van der Waals surface area contributed by atoms with Crippen LogP contribution in [0.2, 0.25) is 0 Å². The Morgan fingerprint density at radius 2 is 2.06 bits per heavy atom. The van der Waals surface area contributed by atoms with Crippen LogP contribution in [0, 0.1) is 17.7 Å². The zero-order chi connectivity index (χ0) is 11.8. The van der Waals surface area contributed by atoms with E-state index >= 15 is 0 Å². The molecule has 0 bridgehead atoms. The summed E-state index contributed by atoms with van der Waals surface area (Å²) in [5, 5.41) is 10.7. The van der Waals surface area contributed by atoms with Gasteiger partial charge >= 0.3 is 0 Å². The molecular weight excluding hydrogens is 203 g/mol. The Morgan fingerprint density at radius 1 is 1.31 bits per heavy atom. The highest BCUT2D eigenvalue weighted by Gasteiger charge is 2.40. The monoisotopic (exact) mass is 222 g/mol. The SMILES string of the molecule is CC1CCC(C)C(O)(c2cccc(F)c2)C1. The van der Waals surface area contributed by atoms with Gasteiger partial charge in [-0.15, -0.1) is 0 Å². The third kappa shape index (κ3) is 1.99. The molecule has 1 aliphatic carbocycles. The maximum Gasteiger partial charge on any atom is 0.123 e. The van der Waals surface area contributed by atoms with Crippen LogP contribution in [0.15, 0.2) is 24.3 Å². The largest absolute Gasteiger partial charge is 0.385 e. The van der Waals surface area contributed by atoms with E-state index in [1.165, 1.54) is 12.1 Å². The molecule has 1 aliphatic rings. The van der Waals surface area contributed by atoms with Gasteiger partial charge in [-0.1, -0.05) is 32.4 Å². The van der Waals surface area contributed by atoms with Gasteiger partial charge in [0.1, 0.15) is 5.82 Å². The lowest BCUT2D eigenvalue weighted by molar-refractivity contribution is -0.0629. The maximum atomic E-state index is 13.2. The Bertz CT molecular complexity index is 377. The second kappa shape index (κ2) is 4.17. The molecule has 3 atom stereocenters. The second-order valence-corrected chi connectivity index (χ2v) is 5.22. The zero-order valence-corrected chi connectivity index (χ0v) is 9.91. The summed E-state index contributed by atoms with van der Waals surface area (Å²) in [5.41, 5.74) is -0.119. The van der Waals surface area contributed by atoms with E-state index in [0.717, 1.165) is 24.8 Å². The molecular formula is C14H19FO. The molecule has 0 aliphatic heterocycles. The minimum Gasteiger partial charge on any atom is -0.385 e. The maximum absolute atomic E-state index is 13.2. The first-order valence-corrected chi connectivity index (χ1v) is 6.01. The second-order valence-electron chi connectivity index (χ2n) is 5.22.